The number of thioether (sulfide) groups is 1. The van der Waals surface area contributed by atoms with E-state index in [2.05, 4.69) is 0 Å². The molecule has 34 heavy (non-hydrogen) atoms. The van der Waals surface area contributed by atoms with Gasteiger partial charge in [0.2, 0.25) is 5.12 Å². The Hall–Kier alpha value is -1.65. The minimum atomic E-state index is -2.33. The molecule has 4 rings (SSSR count). The zero-order chi connectivity index (χ0) is 25.1. The maximum absolute atomic E-state index is 17.1. The zero-order valence-corrected chi connectivity index (χ0v) is 19.9. The van der Waals surface area contributed by atoms with Crippen molar-refractivity contribution in [2.75, 3.05) is 12.6 Å². The molecule has 4 aliphatic rings. The summed E-state index contributed by atoms with van der Waals surface area (Å²) in [5.41, 5.74) is -7.04. The average Bonchev–Trinajstić information content (AvgIpc) is 3.05. The van der Waals surface area contributed by atoms with Crippen molar-refractivity contribution in [1.29, 1.82) is 0 Å². The highest BCUT2D eigenvalue weighted by molar-refractivity contribution is 8.13. The summed E-state index contributed by atoms with van der Waals surface area (Å²) in [6.45, 7) is 2.57. The maximum Gasteiger partial charge on any atom is 0.309 e. The van der Waals surface area contributed by atoms with Gasteiger partial charge in [0.15, 0.2) is 17.1 Å². The second kappa shape index (κ2) is 8.48. The molecule has 0 radical (unpaired) electrons. The molecule has 0 saturated heterocycles. The molecule has 0 amide bonds. The Morgan fingerprint density at radius 2 is 2.00 bits per heavy atom. The van der Waals surface area contributed by atoms with Crippen LogP contribution in [0.1, 0.15) is 46.0 Å². The van der Waals surface area contributed by atoms with Gasteiger partial charge in [0.05, 0.1) is 19.1 Å². The molecular weight excluding hydrogens is 473 g/mol. The standard InChI is InChI=1S/C24H29F3O6S/c1-21-6-3-13(29)9-16(21)17(26)10-15-14-4-7-23(20(32)34-12-25,33-19(31)5-8-28)22(14,2)11-18(30)24(15,21)27/h3,6,9,14-15,17-18,28,30H,4-5,7-8,10-12H2,1-2H3/t14-,15-,17-,18-,21-,22-,23-,24-/m0/s1. The molecule has 188 valence electrons. The van der Waals surface area contributed by atoms with E-state index in [9.17, 15) is 23.9 Å². The minimum Gasteiger partial charge on any atom is -0.449 e. The molecule has 0 aromatic carbocycles. The van der Waals surface area contributed by atoms with Crippen LogP contribution in [0.5, 0.6) is 0 Å². The Labute approximate surface area is 200 Å². The molecule has 8 atom stereocenters. The van der Waals surface area contributed by atoms with Crippen LogP contribution in [0, 0.1) is 22.7 Å². The van der Waals surface area contributed by atoms with Gasteiger partial charge in [0, 0.05) is 16.7 Å². The van der Waals surface area contributed by atoms with Crippen molar-refractivity contribution >= 4 is 28.6 Å². The number of esters is 1. The third kappa shape index (κ3) is 3.20. The Kier molecular flexibility index (Phi) is 6.35. The number of aliphatic hydroxyl groups is 2. The molecular formula is C24H29F3O6S. The number of allylic oxidation sites excluding steroid dienone is 4. The number of hydrogen-bond donors (Lipinski definition) is 2. The fourth-order valence-corrected chi connectivity index (χ4v) is 7.95. The number of fused-ring (bicyclic) bond motifs is 5. The Bertz CT molecular complexity index is 970. The van der Waals surface area contributed by atoms with Gasteiger partial charge in [-0.3, -0.25) is 14.4 Å². The maximum atomic E-state index is 17.1. The van der Waals surface area contributed by atoms with Crippen molar-refractivity contribution in [3.8, 4) is 0 Å². The van der Waals surface area contributed by atoms with Crippen LogP contribution in [-0.4, -0.2) is 63.2 Å². The van der Waals surface area contributed by atoms with E-state index in [0.29, 0.717) is 11.8 Å². The smallest absolute Gasteiger partial charge is 0.309 e. The lowest BCUT2D eigenvalue weighted by molar-refractivity contribution is -0.226. The van der Waals surface area contributed by atoms with Crippen molar-refractivity contribution in [3.05, 3.63) is 23.8 Å². The average molecular weight is 503 g/mol. The van der Waals surface area contributed by atoms with Gasteiger partial charge in [0.25, 0.3) is 0 Å². The van der Waals surface area contributed by atoms with Crippen molar-refractivity contribution in [2.24, 2.45) is 22.7 Å². The summed E-state index contributed by atoms with van der Waals surface area (Å²) in [5.74, 6) is -3.01. The lowest BCUT2D eigenvalue weighted by Gasteiger charge is -2.63. The molecule has 4 aliphatic carbocycles. The minimum absolute atomic E-state index is 0.0101. The highest BCUT2D eigenvalue weighted by atomic mass is 32.2. The van der Waals surface area contributed by atoms with Gasteiger partial charge in [0.1, 0.15) is 12.2 Å². The van der Waals surface area contributed by atoms with Crippen LogP contribution in [-0.2, 0) is 19.1 Å². The summed E-state index contributed by atoms with van der Waals surface area (Å²) in [6, 6.07) is -1.06. The second-order valence-corrected chi connectivity index (χ2v) is 11.1. The van der Waals surface area contributed by atoms with Gasteiger partial charge in [-0.2, -0.15) is 0 Å². The number of alkyl halides is 3. The number of ether oxygens (including phenoxy) is 1. The fourth-order valence-electron chi connectivity index (χ4n) is 7.24. The van der Waals surface area contributed by atoms with Crippen molar-refractivity contribution < 1.29 is 42.5 Å². The molecule has 0 heterocycles. The topological polar surface area (TPSA) is 101 Å². The number of ketones is 1. The summed E-state index contributed by atoms with van der Waals surface area (Å²) < 4.78 is 51.4. The molecule has 10 heteroatoms. The van der Waals surface area contributed by atoms with Gasteiger partial charge in [-0.25, -0.2) is 13.2 Å². The van der Waals surface area contributed by atoms with Crippen LogP contribution >= 0.6 is 11.8 Å². The van der Waals surface area contributed by atoms with E-state index in [-0.39, 0.29) is 37.7 Å². The van der Waals surface area contributed by atoms with Gasteiger partial charge >= 0.3 is 5.97 Å². The van der Waals surface area contributed by atoms with E-state index in [4.69, 9.17) is 9.84 Å². The molecule has 2 N–H and O–H groups in total. The Morgan fingerprint density at radius 1 is 1.29 bits per heavy atom. The lowest BCUT2D eigenvalue weighted by atomic mass is 9.44. The predicted molar refractivity (Wildman–Crippen MR) is 118 cm³/mol. The number of carbonyl (C=O) groups is 3. The van der Waals surface area contributed by atoms with Gasteiger partial charge < -0.3 is 14.9 Å². The van der Waals surface area contributed by atoms with E-state index >= 15 is 8.78 Å². The molecule has 0 aliphatic heterocycles. The van der Waals surface area contributed by atoms with Crippen molar-refractivity contribution in [3.63, 3.8) is 0 Å². The van der Waals surface area contributed by atoms with E-state index < -0.39 is 75.7 Å². The van der Waals surface area contributed by atoms with E-state index in [0.717, 1.165) is 6.08 Å². The first kappa shape index (κ1) is 25.4. The van der Waals surface area contributed by atoms with Crippen LogP contribution in [0.4, 0.5) is 13.2 Å². The van der Waals surface area contributed by atoms with Gasteiger partial charge in [-0.05, 0) is 68.0 Å². The predicted octanol–water partition coefficient (Wildman–Crippen LogP) is 3.16. The second-order valence-electron chi connectivity index (χ2n) is 10.2. The molecule has 0 bridgehead atoms. The first-order chi connectivity index (χ1) is 15.9. The number of halogens is 3. The summed E-state index contributed by atoms with van der Waals surface area (Å²) in [7, 11) is 0. The summed E-state index contributed by atoms with van der Waals surface area (Å²) >= 11 is 0.337. The van der Waals surface area contributed by atoms with Crippen LogP contribution in [0.15, 0.2) is 23.8 Å². The lowest BCUT2D eigenvalue weighted by Crippen LogP contribution is -2.70. The van der Waals surface area contributed by atoms with Crippen LogP contribution < -0.4 is 0 Å². The molecule has 3 fully saturated rings. The molecule has 0 aromatic heterocycles. The third-order valence-electron chi connectivity index (χ3n) is 8.87. The normalized spacial score (nSPS) is 45.1. The summed E-state index contributed by atoms with van der Waals surface area (Å²) in [6.07, 6.45) is -0.498. The van der Waals surface area contributed by atoms with E-state index in [1.807, 2.05) is 0 Å². The third-order valence-corrected chi connectivity index (χ3v) is 9.57. The Morgan fingerprint density at radius 3 is 2.65 bits per heavy atom. The number of aliphatic hydroxyl groups excluding tert-OH is 2. The summed E-state index contributed by atoms with van der Waals surface area (Å²) in [5, 5.41) is 19.7. The largest absolute Gasteiger partial charge is 0.449 e. The zero-order valence-electron chi connectivity index (χ0n) is 19.1. The van der Waals surface area contributed by atoms with E-state index in [1.54, 1.807) is 6.92 Å². The van der Waals surface area contributed by atoms with Crippen molar-refractivity contribution in [1.82, 2.24) is 0 Å². The molecule has 0 spiro atoms. The molecule has 0 unspecified atom stereocenters. The summed E-state index contributed by atoms with van der Waals surface area (Å²) in [4.78, 5) is 37.5. The van der Waals surface area contributed by atoms with Crippen molar-refractivity contribution in [2.45, 2.75) is 69.5 Å². The Balaban J connectivity index is 1.81. The SMILES string of the molecule is C[C@]12C=CC(=O)C=C1[C@@H](F)C[C@H]1[C@@H]3CC[C@](OC(=O)CCO)(C(=O)SCF)[C@@]3(C)C[C@H](O)[C@@]12F. The van der Waals surface area contributed by atoms with Crippen LogP contribution in [0.2, 0.25) is 0 Å². The number of rotatable bonds is 5. The molecule has 6 nitrogen and oxygen atoms in total. The quantitative estimate of drug-likeness (QED) is 0.557. The number of hydrogen-bond acceptors (Lipinski definition) is 7. The first-order valence-corrected chi connectivity index (χ1v) is 12.4. The van der Waals surface area contributed by atoms with Gasteiger partial charge in [-0.1, -0.05) is 13.0 Å². The monoisotopic (exact) mass is 502 g/mol. The molecule has 3 saturated carbocycles. The highest BCUT2D eigenvalue weighted by Crippen LogP contribution is 2.71. The van der Waals surface area contributed by atoms with E-state index in [1.165, 1.54) is 19.1 Å². The molecule has 0 aromatic rings. The van der Waals surface area contributed by atoms with Gasteiger partial charge in [-0.15, -0.1) is 0 Å². The van der Waals surface area contributed by atoms with Crippen LogP contribution in [0.3, 0.4) is 0 Å². The van der Waals surface area contributed by atoms with Crippen LogP contribution in [0.25, 0.3) is 0 Å². The first-order valence-electron chi connectivity index (χ1n) is 11.4. The highest BCUT2D eigenvalue weighted by Gasteiger charge is 2.76. The number of carbonyl (C=O) groups excluding carboxylic acids is 3. The fraction of sp³-hybridized carbons (Fsp3) is 0.708.